The second-order valence-electron chi connectivity index (χ2n) is 5.98. The lowest BCUT2D eigenvalue weighted by atomic mass is 9.91. The summed E-state index contributed by atoms with van der Waals surface area (Å²) in [5.74, 6) is 2.40. The van der Waals surface area contributed by atoms with Crippen LogP contribution in [0, 0.1) is 11.8 Å². The molecule has 1 N–H and O–H groups in total. The van der Waals surface area contributed by atoms with Gasteiger partial charge in [0.05, 0.1) is 6.10 Å². The van der Waals surface area contributed by atoms with E-state index in [0.717, 1.165) is 12.3 Å². The molecule has 1 radical (unpaired) electrons. The van der Waals surface area contributed by atoms with Gasteiger partial charge in [-0.3, -0.25) is 4.90 Å². The van der Waals surface area contributed by atoms with Crippen LogP contribution >= 0.6 is 0 Å². The van der Waals surface area contributed by atoms with Crippen molar-refractivity contribution in [3.8, 4) is 0 Å². The summed E-state index contributed by atoms with van der Waals surface area (Å²) in [6.07, 6.45) is 7.30. The van der Waals surface area contributed by atoms with E-state index >= 15 is 0 Å². The van der Waals surface area contributed by atoms with Gasteiger partial charge in [0, 0.05) is 12.6 Å². The van der Waals surface area contributed by atoms with Gasteiger partial charge in [-0.25, -0.2) is 0 Å². The second kappa shape index (κ2) is 5.50. The summed E-state index contributed by atoms with van der Waals surface area (Å²) in [6.45, 7) is 6.89. The summed E-state index contributed by atoms with van der Waals surface area (Å²) in [4.78, 5) is 2.55. The van der Waals surface area contributed by atoms with E-state index in [1.807, 2.05) is 0 Å². The summed E-state index contributed by atoms with van der Waals surface area (Å²) < 4.78 is 0. The van der Waals surface area contributed by atoms with Gasteiger partial charge in [0.25, 0.3) is 0 Å². The van der Waals surface area contributed by atoms with Crippen molar-refractivity contribution in [3.05, 3.63) is 5.92 Å². The molecule has 0 amide bonds. The SMILES string of the molecule is C[C](C)C[C@@H]1CCN(C2CCCCC2O)C1. The number of aliphatic hydroxyl groups is 1. The van der Waals surface area contributed by atoms with Crippen molar-refractivity contribution in [1.29, 1.82) is 0 Å². The van der Waals surface area contributed by atoms with E-state index in [0.29, 0.717) is 6.04 Å². The van der Waals surface area contributed by atoms with Crippen LogP contribution in [0.3, 0.4) is 0 Å². The molecule has 93 valence electrons. The molecular formula is C14H26NO. The highest BCUT2D eigenvalue weighted by Crippen LogP contribution is 2.30. The Balaban J connectivity index is 1.82. The average Bonchev–Trinajstić information content (AvgIpc) is 2.66. The van der Waals surface area contributed by atoms with Crippen LogP contribution in [0.4, 0.5) is 0 Å². The number of hydrogen-bond acceptors (Lipinski definition) is 2. The zero-order valence-electron chi connectivity index (χ0n) is 10.8. The molecule has 3 atom stereocenters. The Hall–Kier alpha value is -0.0800. The fourth-order valence-corrected chi connectivity index (χ4v) is 3.43. The first-order valence-electron chi connectivity index (χ1n) is 6.88. The molecule has 1 aliphatic heterocycles. The lowest BCUT2D eigenvalue weighted by Crippen LogP contribution is -2.44. The molecule has 0 aromatic carbocycles. The van der Waals surface area contributed by atoms with Crippen molar-refractivity contribution < 1.29 is 5.11 Å². The molecule has 2 heteroatoms. The van der Waals surface area contributed by atoms with Gasteiger partial charge in [-0.05, 0) is 44.1 Å². The first kappa shape index (κ1) is 12.4. The summed E-state index contributed by atoms with van der Waals surface area (Å²) in [5, 5.41) is 10.1. The number of rotatable bonds is 3. The van der Waals surface area contributed by atoms with Gasteiger partial charge < -0.3 is 5.11 Å². The predicted molar refractivity (Wildman–Crippen MR) is 67.2 cm³/mol. The highest BCUT2D eigenvalue weighted by atomic mass is 16.3. The Morgan fingerprint density at radius 1 is 1.19 bits per heavy atom. The molecule has 0 bridgehead atoms. The average molecular weight is 224 g/mol. The Morgan fingerprint density at radius 2 is 1.94 bits per heavy atom. The van der Waals surface area contributed by atoms with Crippen molar-refractivity contribution in [2.45, 2.75) is 64.5 Å². The Morgan fingerprint density at radius 3 is 2.62 bits per heavy atom. The molecular weight excluding hydrogens is 198 g/mol. The molecule has 2 aliphatic rings. The van der Waals surface area contributed by atoms with E-state index in [4.69, 9.17) is 0 Å². The molecule has 2 fully saturated rings. The van der Waals surface area contributed by atoms with Crippen LogP contribution in [0.25, 0.3) is 0 Å². The molecule has 1 saturated heterocycles. The van der Waals surface area contributed by atoms with Gasteiger partial charge in [-0.1, -0.05) is 26.7 Å². The Bertz CT molecular complexity index is 217. The zero-order chi connectivity index (χ0) is 11.5. The maximum absolute atomic E-state index is 10.1. The monoisotopic (exact) mass is 224 g/mol. The molecule has 1 aliphatic carbocycles. The Labute approximate surface area is 100 Å². The summed E-state index contributed by atoms with van der Waals surface area (Å²) in [5.41, 5.74) is 0. The predicted octanol–water partition coefficient (Wildman–Crippen LogP) is 2.62. The first-order valence-corrected chi connectivity index (χ1v) is 6.88. The van der Waals surface area contributed by atoms with Crippen LogP contribution in [0.15, 0.2) is 0 Å². The van der Waals surface area contributed by atoms with E-state index in [2.05, 4.69) is 18.7 Å². The van der Waals surface area contributed by atoms with Crippen molar-refractivity contribution in [3.63, 3.8) is 0 Å². The quantitative estimate of drug-likeness (QED) is 0.796. The van der Waals surface area contributed by atoms with Gasteiger partial charge in [0.2, 0.25) is 0 Å². The third-order valence-corrected chi connectivity index (χ3v) is 4.18. The van der Waals surface area contributed by atoms with Crippen molar-refractivity contribution in [2.75, 3.05) is 13.1 Å². The first-order chi connectivity index (χ1) is 7.66. The summed E-state index contributed by atoms with van der Waals surface area (Å²) >= 11 is 0. The van der Waals surface area contributed by atoms with Crippen molar-refractivity contribution >= 4 is 0 Å². The summed E-state index contributed by atoms with van der Waals surface area (Å²) in [7, 11) is 0. The van der Waals surface area contributed by atoms with E-state index in [-0.39, 0.29) is 6.10 Å². The highest BCUT2D eigenvalue weighted by Gasteiger charge is 2.33. The molecule has 2 unspecified atom stereocenters. The van der Waals surface area contributed by atoms with Gasteiger partial charge in [0.1, 0.15) is 0 Å². The number of hydrogen-bond donors (Lipinski definition) is 1. The number of likely N-dealkylation sites (tertiary alicyclic amines) is 1. The molecule has 1 saturated carbocycles. The van der Waals surface area contributed by atoms with Crippen LogP contribution in [0.1, 0.15) is 52.4 Å². The minimum absolute atomic E-state index is 0.0563. The smallest absolute Gasteiger partial charge is 0.0695 e. The topological polar surface area (TPSA) is 23.5 Å². The lowest BCUT2D eigenvalue weighted by Gasteiger charge is -2.35. The minimum Gasteiger partial charge on any atom is -0.391 e. The molecule has 1 heterocycles. The number of aliphatic hydroxyl groups excluding tert-OH is 1. The van der Waals surface area contributed by atoms with Crippen LogP contribution in [0.5, 0.6) is 0 Å². The van der Waals surface area contributed by atoms with Gasteiger partial charge in [-0.15, -0.1) is 0 Å². The van der Waals surface area contributed by atoms with Crippen molar-refractivity contribution in [2.24, 2.45) is 5.92 Å². The third kappa shape index (κ3) is 2.98. The molecule has 0 aromatic rings. The van der Waals surface area contributed by atoms with Crippen LogP contribution < -0.4 is 0 Å². The lowest BCUT2D eigenvalue weighted by molar-refractivity contribution is 0.0294. The van der Waals surface area contributed by atoms with Crippen LogP contribution in [-0.2, 0) is 0 Å². The second-order valence-corrected chi connectivity index (χ2v) is 5.98. The summed E-state index contributed by atoms with van der Waals surface area (Å²) in [6, 6.07) is 0.468. The minimum atomic E-state index is -0.0563. The van der Waals surface area contributed by atoms with E-state index in [1.54, 1.807) is 5.92 Å². The normalized spacial score (nSPS) is 37.1. The van der Waals surface area contributed by atoms with E-state index < -0.39 is 0 Å². The third-order valence-electron chi connectivity index (χ3n) is 4.18. The fourth-order valence-electron chi connectivity index (χ4n) is 3.43. The van der Waals surface area contributed by atoms with E-state index in [9.17, 15) is 5.11 Å². The molecule has 2 nitrogen and oxygen atoms in total. The standard InChI is InChI=1S/C14H26NO/c1-11(2)9-12-7-8-15(10-12)13-5-3-4-6-14(13)16/h12-14,16H,3-10H2,1-2H3/t12-,13?,14?/m0/s1. The molecule has 0 spiro atoms. The largest absolute Gasteiger partial charge is 0.391 e. The van der Waals surface area contributed by atoms with Crippen LogP contribution in [0.2, 0.25) is 0 Å². The van der Waals surface area contributed by atoms with Gasteiger partial charge in [-0.2, -0.15) is 0 Å². The maximum Gasteiger partial charge on any atom is 0.0695 e. The molecule has 2 rings (SSSR count). The zero-order valence-corrected chi connectivity index (χ0v) is 10.8. The van der Waals surface area contributed by atoms with Gasteiger partial charge in [0.15, 0.2) is 0 Å². The van der Waals surface area contributed by atoms with Gasteiger partial charge >= 0.3 is 0 Å². The fraction of sp³-hybridized carbons (Fsp3) is 0.929. The van der Waals surface area contributed by atoms with E-state index in [1.165, 1.54) is 45.2 Å². The highest BCUT2D eigenvalue weighted by molar-refractivity contribution is 4.91. The van der Waals surface area contributed by atoms with Crippen molar-refractivity contribution in [1.82, 2.24) is 4.90 Å². The number of nitrogens with zero attached hydrogens (tertiary/aromatic N) is 1. The molecule has 16 heavy (non-hydrogen) atoms. The Kier molecular flexibility index (Phi) is 4.26. The van der Waals surface area contributed by atoms with Crippen LogP contribution in [-0.4, -0.2) is 35.2 Å². The maximum atomic E-state index is 10.1. The molecule has 0 aromatic heterocycles.